The summed E-state index contributed by atoms with van der Waals surface area (Å²) in [5.41, 5.74) is 0. The zero-order valence-electron chi connectivity index (χ0n) is 17.8. The highest BCUT2D eigenvalue weighted by atomic mass is 16.1. The van der Waals surface area contributed by atoms with Crippen LogP contribution in [-0.4, -0.2) is 53.8 Å². The number of hydrogen-bond acceptors (Lipinski definition) is 3. The zero-order valence-corrected chi connectivity index (χ0v) is 17.8. The predicted octanol–water partition coefficient (Wildman–Crippen LogP) is 4.60. The van der Waals surface area contributed by atoms with Gasteiger partial charge < -0.3 is 9.80 Å². The number of Topliss-reactive ketones (excluding diaryl/α,β-unsaturated/α-hetero) is 1. The molecule has 0 aromatic carbocycles. The van der Waals surface area contributed by atoms with Crippen molar-refractivity contribution in [1.82, 2.24) is 9.80 Å². The summed E-state index contributed by atoms with van der Waals surface area (Å²) in [6.45, 7) is 14.1. The normalized spacial score (nSPS) is 31.0. The van der Waals surface area contributed by atoms with Crippen molar-refractivity contribution in [3.8, 4) is 0 Å². The molecule has 3 fully saturated rings. The van der Waals surface area contributed by atoms with Crippen molar-refractivity contribution in [2.45, 2.75) is 91.1 Å². The molecule has 0 unspecified atom stereocenters. The van der Waals surface area contributed by atoms with Gasteiger partial charge in [0, 0.05) is 23.9 Å². The van der Waals surface area contributed by atoms with Crippen LogP contribution in [0.2, 0.25) is 0 Å². The molecule has 26 heavy (non-hydrogen) atoms. The lowest BCUT2D eigenvalue weighted by Gasteiger charge is -2.45. The van der Waals surface area contributed by atoms with Gasteiger partial charge in [-0.1, -0.05) is 27.7 Å². The smallest absolute Gasteiger partial charge is 0.138 e. The molecule has 0 N–H and O–H groups in total. The third-order valence-electron chi connectivity index (χ3n) is 7.72. The fourth-order valence-electron chi connectivity index (χ4n) is 5.76. The van der Waals surface area contributed by atoms with E-state index in [1.807, 2.05) is 0 Å². The van der Waals surface area contributed by atoms with Gasteiger partial charge >= 0.3 is 0 Å². The van der Waals surface area contributed by atoms with Crippen LogP contribution in [-0.2, 0) is 4.79 Å². The van der Waals surface area contributed by atoms with Crippen LogP contribution in [0.15, 0.2) is 0 Å². The second-order valence-corrected chi connectivity index (χ2v) is 9.95. The summed E-state index contributed by atoms with van der Waals surface area (Å²) in [6, 6.07) is 1.58. The van der Waals surface area contributed by atoms with Crippen molar-refractivity contribution in [2.24, 2.45) is 23.7 Å². The fraction of sp³-hybridized carbons (Fsp3) is 0.957. The standard InChI is InChI=1S/C23H42N2O/c1-17(2)19-9-13-24(14-10-19)22-11-15-25(16-12-22)21-7-5-20(6-8-21)23(26)18(3)4/h17-22H,5-16H2,1-4H3/t20-,21-. The number of carbonyl (C=O) groups excluding carboxylic acids is 1. The lowest BCUT2D eigenvalue weighted by atomic mass is 9.79. The summed E-state index contributed by atoms with van der Waals surface area (Å²) in [6.07, 6.45) is 10.3. The number of rotatable bonds is 5. The van der Waals surface area contributed by atoms with Gasteiger partial charge in [-0.15, -0.1) is 0 Å². The van der Waals surface area contributed by atoms with Crippen LogP contribution in [0.5, 0.6) is 0 Å². The molecule has 150 valence electrons. The Labute approximate surface area is 161 Å². The maximum Gasteiger partial charge on any atom is 0.138 e. The van der Waals surface area contributed by atoms with Crippen LogP contribution in [0.3, 0.4) is 0 Å². The van der Waals surface area contributed by atoms with E-state index in [2.05, 4.69) is 37.5 Å². The van der Waals surface area contributed by atoms with E-state index in [9.17, 15) is 4.79 Å². The molecule has 0 radical (unpaired) electrons. The molecule has 1 aliphatic carbocycles. The highest BCUT2D eigenvalue weighted by molar-refractivity contribution is 5.82. The third kappa shape index (κ3) is 4.90. The average molecular weight is 363 g/mol. The van der Waals surface area contributed by atoms with Gasteiger partial charge in [-0.05, 0) is 89.4 Å². The summed E-state index contributed by atoms with van der Waals surface area (Å²) in [5.74, 6) is 2.89. The van der Waals surface area contributed by atoms with Crippen molar-refractivity contribution < 1.29 is 4.79 Å². The predicted molar refractivity (Wildman–Crippen MR) is 109 cm³/mol. The highest BCUT2D eigenvalue weighted by Gasteiger charge is 2.34. The van der Waals surface area contributed by atoms with Crippen molar-refractivity contribution in [3.05, 3.63) is 0 Å². The quantitative estimate of drug-likeness (QED) is 0.714. The van der Waals surface area contributed by atoms with Crippen LogP contribution in [0.4, 0.5) is 0 Å². The number of ketones is 1. The van der Waals surface area contributed by atoms with E-state index in [-0.39, 0.29) is 5.92 Å². The molecule has 2 saturated heterocycles. The fourth-order valence-corrected chi connectivity index (χ4v) is 5.76. The molecule has 1 saturated carbocycles. The second kappa shape index (κ2) is 9.19. The van der Waals surface area contributed by atoms with Gasteiger partial charge in [0.05, 0.1) is 0 Å². The van der Waals surface area contributed by atoms with Gasteiger partial charge in [0.25, 0.3) is 0 Å². The summed E-state index contributed by atoms with van der Waals surface area (Å²) in [4.78, 5) is 17.8. The molecule has 3 aliphatic rings. The van der Waals surface area contributed by atoms with E-state index in [4.69, 9.17) is 0 Å². The summed E-state index contributed by atoms with van der Waals surface area (Å²) in [7, 11) is 0. The van der Waals surface area contributed by atoms with E-state index < -0.39 is 0 Å². The molecule has 2 aliphatic heterocycles. The minimum Gasteiger partial charge on any atom is -0.300 e. The maximum absolute atomic E-state index is 12.2. The van der Waals surface area contributed by atoms with Crippen LogP contribution in [0.1, 0.15) is 79.1 Å². The first-order valence-electron chi connectivity index (χ1n) is 11.5. The Balaban J connectivity index is 1.39. The molecule has 0 bridgehead atoms. The first-order valence-corrected chi connectivity index (χ1v) is 11.5. The Kier molecular flexibility index (Phi) is 7.18. The molecule has 2 heterocycles. The average Bonchev–Trinajstić information content (AvgIpc) is 2.67. The number of piperidine rings is 2. The highest BCUT2D eigenvalue weighted by Crippen LogP contribution is 2.33. The summed E-state index contributed by atoms with van der Waals surface area (Å²) < 4.78 is 0. The summed E-state index contributed by atoms with van der Waals surface area (Å²) >= 11 is 0. The Hall–Kier alpha value is -0.410. The maximum atomic E-state index is 12.2. The van der Waals surface area contributed by atoms with Crippen molar-refractivity contribution in [3.63, 3.8) is 0 Å². The minimum absolute atomic E-state index is 0.215. The number of hydrogen-bond donors (Lipinski definition) is 0. The van der Waals surface area contributed by atoms with Crippen molar-refractivity contribution >= 4 is 5.78 Å². The Morgan fingerprint density at radius 1 is 0.692 bits per heavy atom. The second-order valence-electron chi connectivity index (χ2n) is 9.95. The van der Waals surface area contributed by atoms with Gasteiger partial charge in [0.2, 0.25) is 0 Å². The minimum atomic E-state index is 0.215. The van der Waals surface area contributed by atoms with Crippen LogP contribution in [0.25, 0.3) is 0 Å². The number of nitrogens with zero attached hydrogens (tertiary/aromatic N) is 2. The van der Waals surface area contributed by atoms with E-state index in [0.29, 0.717) is 11.7 Å². The molecule has 0 spiro atoms. The largest absolute Gasteiger partial charge is 0.300 e. The van der Waals surface area contributed by atoms with Crippen LogP contribution in [0, 0.1) is 23.7 Å². The molecule has 0 aromatic rings. The van der Waals surface area contributed by atoms with E-state index in [1.54, 1.807) is 0 Å². The molecule has 0 amide bonds. The molecule has 3 heteroatoms. The molecule has 0 atom stereocenters. The monoisotopic (exact) mass is 362 g/mol. The first kappa shape index (κ1) is 20.3. The van der Waals surface area contributed by atoms with Gasteiger partial charge in [-0.3, -0.25) is 4.79 Å². The lowest BCUT2D eigenvalue weighted by molar-refractivity contribution is -0.127. The van der Waals surface area contributed by atoms with Crippen LogP contribution < -0.4 is 0 Å². The molecule has 3 rings (SSSR count). The zero-order chi connectivity index (χ0) is 18.7. The number of carbonyl (C=O) groups is 1. The third-order valence-corrected chi connectivity index (χ3v) is 7.72. The topological polar surface area (TPSA) is 23.6 Å². The van der Waals surface area contributed by atoms with Gasteiger partial charge in [0.1, 0.15) is 5.78 Å². The molecular formula is C23H42N2O. The summed E-state index contributed by atoms with van der Waals surface area (Å²) in [5, 5.41) is 0. The van der Waals surface area contributed by atoms with E-state index >= 15 is 0 Å². The van der Waals surface area contributed by atoms with Gasteiger partial charge in [-0.2, -0.15) is 0 Å². The SMILES string of the molecule is CC(C)C(=O)[C@H]1CC[C@H](N2CCC(N3CCC(C(C)C)CC3)CC2)CC1. The van der Waals surface area contributed by atoms with Gasteiger partial charge in [0.15, 0.2) is 0 Å². The number of likely N-dealkylation sites (tertiary alicyclic amines) is 2. The van der Waals surface area contributed by atoms with Crippen molar-refractivity contribution in [2.75, 3.05) is 26.2 Å². The Morgan fingerprint density at radius 2 is 1.15 bits per heavy atom. The lowest BCUT2D eigenvalue weighted by Crippen LogP contribution is -2.51. The van der Waals surface area contributed by atoms with Crippen molar-refractivity contribution in [1.29, 1.82) is 0 Å². The molecule has 3 nitrogen and oxygen atoms in total. The van der Waals surface area contributed by atoms with E-state index in [0.717, 1.165) is 36.8 Å². The Bertz CT molecular complexity index is 437. The van der Waals surface area contributed by atoms with Crippen LogP contribution >= 0.6 is 0 Å². The molecular weight excluding hydrogens is 320 g/mol. The Morgan fingerprint density at radius 3 is 1.62 bits per heavy atom. The molecule has 0 aromatic heterocycles. The van der Waals surface area contributed by atoms with Gasteiger partial charge in [-0.25, -0.2) is 0 Å². The van der Waals surface area contributed by atoms with E-state index in [1.165, 1.54) is 64.7 Å². The first-order chi connectivity index (χ1) is 12.5.